The topological polar surface area (TPSA) is 83.6 Å². The van der Waals surface area contributed by atoms with Gasteiger partial charge in [-0.3, -0.25) is 9.59 Å². The molecule has 2 atom stereocenters. The van der Waals surface area contributed by atoms with Crippen molar-refractivity contribution in [2.24, 2.45) is 0 Å². The third-order valence-corrected chi connectivity index (χ3v) is 6.23. The smallest absolute Gasteiger partial charge is 0.254 e. The first-order valence-corrected chi connectivity index (χ1v) is 8.48. The van der Waals surface area contributed by atoms with Crippen LogP contribution in [0.2, 0.25) is 0 Å². The highest BCUT2D eigenvalue weighted by atomic mass is 32.2. The lowest BCUT2D eigenvalue weighted by Crippen LogP contribution is -2.44. The van der Waals surface area contributed by atoms with Crippen LogP contribution in [0.1, 0.15) is 23.7 Å². The highest BCUT2D eigenvalue weighted by Crippen LogP contribution is 2.33. The van der Waals surface area contributed by atoms with E-state index < -0.39 is 15.1 Å². The van der Waals surface area contributed by atoms with Crippen LogP contribution in [-0.4, -0.2) is 48.7 Å². The average molecular weight is 308 g/mol. The number of amides is 2. The minimum absolute atomic E-state index is 0.0768. The number of carbonyl (C=O) groups is 2. The minimum atomic E-state index is -3.00. The Balaban J connectivity index is 1.74. The van der Waals surface area contributed by atoms with Crippen LogP contribution in [0, 0.1) is 0 Å². The zero-order chi connectivity index (χ0) is 15.2. The lowest BCUT2D eigenvalue weighted by atomic mass is 10.1. The molecule has 0 radical (unpaired) electrons. The van der Waals surface area contributed by atoms with E-state index >= 15 is 0 Å². The molecule has 2 bridgehead atoms. The van der Waals surface area contributed by atoms with Crippen LogP contribution in [0.25, 0.3) is 0 Å². The van der Waals surface area contributed by atoms with Crippen LogP contribution in [0.4, 0.5) is 5.69 Å². The Hall–Kier alpha value is -1.89. The fourth-order valence-corrected chi connectivity index (χ4v) is 5.04. The van der Waals surface area contributed by atoms with Gasteiger partial charge in [-0.1, -0.05) is 0 Å². The molecular formula is C14H16N2O4S. The van der Waals surface area contributed by atoms with E-state index in [1.54, 1.807) is 29.2 Å². The summed E-state index contributed by atoms with van der Waals surface area (Å²) in [6, 6.07) is 6.43. The predicted molar refractivity (Wildman–Crippen MR) is 77.8 cm³/mol. The van der Waals surface area contributed by atoms with Gasteiger partial charge in [0.25, 0.3) is 5.91 Å². The van der Waals surface area contributed by atoms with Crippen LogP contribution < -0.4 is 5.32 Å². The zero-order valence-electron chi connectivity index (χ0n) is 11.6. The second-order valence-electron chi connectivity index (χ2n) is 5.56. The standard InChI is InChI=1S/C14H16N2O4S/c1-9(17)15-11-4-2-10(3-5-11)14(18)16-7-13-6-12(16)8-21(13,19)20/h2-5,12-13H,6-8H2,1H3,(H,15,17). The van der Waals surface area contributed by atoms with Gasteiger partial charge in [-0.25, -0.2) is 8.42 Å². The molecule has 7 heteroatoms. The summed E-state index contributed by atoms with van der Waals surface area (Å²) in [4.78, 5) is 25.0. The van der Waals surface area contributed by atoms with Crippen molar-refractivity contribution in [3.05, 3.63) is 29.8 Å². The summed E-state index contributed by atoms with van der Waals surface area (Å²) in [7, 11) is -3.00. The summed E-state index contributed by atoms with van der Waals surface area (Å²) in [6.07, 6.45) is 0.554. The van der Waals surface area contributed by atoms with Gasteiger partial charge in [-0.15, -0.1) is 0 Å². The number of hydrogen-bond donors (Lipinski definition) is 1. The minimum Gasteiger partial charge on any atom is -0.333 e. The largest absolute Gasteiger partial charge is 0.333 e. The molecule has 3 rings (SSSR count). The number of sulfone groups is 1. The highest BCUT2D eigenvalue weighted by Gasteiger charge is 2.50. The number of fused-ring (bicyclic) bond motifs is 2. The molecular weight excluding hydrogens is 292 g/mol. The van der Waals surface area contributed by atoms with E-state index in [0.29, 0.717) is 24.2 Å². The predicted octanol–water partition coefficient (Wildman–Crippen LogP) is 0.657. The Morgan fingerprint density at radius 2 is 1.90 bits per heavy atom. The Bertz CT molecular complexity index is 696. The fraction of sp³-hybridized carbons (Fsp3) is 0.429. The number of likely N-dealkylation sites (tertiary alicyclic amines) is 1. The van der Waals surface area contributed by atoms with Crippen molar-refractivity contribution in [3.63, 3.8) is 0 Å². The fourth-order valence-electron chi connectivity index (χ4n) is 3.01. The number of rotatable bonds is 2. The van der Waals surface area contributed by atoms with E-state index in [1.807, 2.05) is 0 Å². The molecule has 2 aliphatic heterocycles. The van der Waals surface area contributed by atoms with Crippen LogP contribution in [0.3, 0.4) is 0 Å². The molecule has 0 saturated carbocycles. The molecule has 2 aliphatic rings. The Labute approximate surface area is 123 Å². The summed E-state index contributed by atoms with van der Waals surface area (Å²) in [5.74, 6) is -0.240. The molecule has 2 amide bonds. The zero-order valence-corrected chi connectivity index (χ0v) is 12.4. The van der Waals surface area contributed by atoms with E-state index in [1.165, 1.54) is 6.92 Å². The number of nitrogens with zero attached hydrogens (tertiary/aromatic N) is 1. The molecule has 0 spiro atoms. The van der Waals surface area contributed by atoms with Crippen LogP contribution in [-0.2, 0) is 14.6 Å². The van der Waals surface area contributed by atoms with Gasteiger partial charge in [0.1, 0.15) is 0 Å². The van der Waals surface area contributed by atoms with E-state index in [-0.39, 0.29) is 23.6 Å². The van der Waals surface area contributed by atoms with Crippen LogP contribution in [0.15, 0.2) is 24.3 Å². The molecule has 1 N–H and O–H groups in total. The summed E-state index contributed by atoms with van der Waals surface area (Å²) in [6.45, 7) is 1.71. The second kappa shape index (κ2) is 4.84. The van der Waals surface area contributed by atoms with E-state index in [9.17, 15) is 18.0 Å². The molecule has 2 fully saturated rings. The molecule has 0 aromatic heterocycles. The second-order valence-corrected chi connectivity index (χ2v) is 7.88. The number of nitrogens with one attached hydrogen (secondary N) is 1. The number of hydrogen-bond acceptors (Lipinski definition) is 4. The van der Waals surface area contributed by atoms with Crippen molar-refractivity contribution in [2.75, 3.05) is 17.6 Å². The molecule has 2 saturated heterocycles. The molecule has 6 nitrogen and oxygen atoms in total. The van der Waals surface area contributed by atoms with E-state index in [4.69, 9.17) is 0 Å². The van der Waals surface area contributed by atoms with Gasteiger partial charge < -0.3 is 10.2 Å². The maximum atomic E-state index is 12.4. The molecule has 21 heavy (non-hydrogen) atoms. The monoisotopic (exact) mass is 308 g/mol. The summed E-state index contributed by atoms with van der Waals surface area (Å²) in [5, 5.41) is 2.24. The molecule has 2 heterocycles. The Kier molecular flexibility index (Phi) is 3.24. The number of anilines is 1. The average Bonchev–Trinajstić information content (AvgIpc) is 2.93. The van der Waals surface area contributed by atoms with E-state index in [2.05, 4.69) is 5.32 Å². The maximum Gasteiger partial charge on any atom is 0.254 e. The van der Waals surface area contributed by atoms with Gasteiger partial charge >= 0.3 is 0 Å². The van der Waals surface area contributed by atoms with Gasteiger partial charge in [0, 0.05) is 30.8 Å². The Morgan fingerprint density at radius 3 is 2.38 bits per heavy atom. The number of carbonyl (C=O) groups excluding carboxylic acids is 2. The lowest BCUT2D eigenvalue weighted by Gasteiger charge is -2.27. The molecule has 1 aromatic carbocycles. The van der Waals surface area contributed by atoms with Crippen molar-refractivity contribution in [1.29, 1.82) is 0 Å². The first-order valence-electron chi connectivity index (χ1n) is 6.77. The van der Waals surface area contributed by atoms with E-state index in [0.717, 1.165) is 0 Å². The highest BCUT2D eigenvalue weighted by molar-refractivity contribution is 7.92. The van der Waals surface area contributed by atoms with Gasteiger partial charge in [0.2, 0.25) is 5.91 Å². The summed E-state index contributed by atoms with van der Waals surface area (Å²) in [5.41, 5.74) is 1.14. The van der Waals surface area contributed by atoms with Crippen LogP contribution >= 0.6 is 0 Å². The first-order chi connectivity index (χ1) is 9.87. The molecule has 0 aliphatic carbocycles. The van der Waals surface area contributed by atoms with Gasteiger partial charge in [-0.05, 0) is 30.7 Å². The molecule has 1 aromatic rings. The van der Waals surface area contributed by atoms with Gasteiger partial charge in [-0.2, -0.15) is 0 Å². The third-order valence-electron chi connectivity index (χ3n) is 4.02. The summed E-state index contributed by atoms with van der Waals surface area (Å²) < 4.78 is 23.4. The Morgan fingerprint density at radius 1 is 1.24 bits per heavy atom. The van der Waals surface area contributed by atoms with Crippen LogP contribution in [0.5, 0.6) is 0 Å². The SMILES string of the molecule is CC(=O)Nc1ccc(C(=O)N2CC3CC2CS3(=O)=O)cc1. The normalized spacial score (nSPS) is 25.9. The number of benzene rings is 1. The third kappa shape index (κ3) is 2.53. The van der Waals surface area contributed by atoms with Crippen molar-refractivity contribution in [2.45, 2.75) is 24.6 Å². The van der Waals surface area contributed by atoms with Crippen molar-refractivity contribution in [3.8, 4) is 0 Å². The maximum absolute atomic E-state index is 12.4. The quantitative estimate of drug-likeness (QED) is 0.870. The van der Waals surface area contributed by atoms with Gasteiger partial charge in [0.15, 0.2) is 9.84 Å². The molecule has 2 unspecified atom stereocenters. The van der Waals surface area contributed by atoms with Gasteiger partial charge in [0.05, 0.1) is 11.0 Å². The van der Waals surface area contributed by atoms with Crippen molar-refractivity contribution >= 4 is 27.3 Å². The molecule has 112 valence electrons. The lowest BCUT2D eigenvalue weighted by molar-refractivity contribution is -0.114. The van der Waals surface area contributed by atoms with Crippen molar-refractivity contribution < 1.29 is 18.0 Å². The van der Waals surface area contributed by atoms with Crippen molar-refractivity contribution in [1.82, 2.24) is 4.90 Å². The first kappa shape index (κ1) is 14.1. The summed E-state index contributed by atoms with van der Waals surface area (Å²) >= 11 is 0.